The highest BCUT2D eigenvalue weighted by Crippen LogP contribution is 2.15. The first-order valence-electron chi connectivity index (χ1n) is 6.79. The van der Waals surface area contributed by atoms with E-state index in [1.165, 1.54) is 12.1 Å². The number of nitrogens with zero attached hydrogens (tertiary/aromatic N) is 3. The molecule has 1 aromatic carbocycles. The number of benzene rings is 1. The first kappa shape index (κ1) is 14.9. The molecule has 21 heavy (non-hydrogen) atoms. The highest BCUT2D eigenvalue weighted by Gasteiger charge is 2.14. The molecular weight excluding hydrogens is 271 g/mol. The summed E-state index contributed by atoms with van der Waals surface area (Å²) in [6.07, 6.45) is 0. The van der Waals surface area contributed by atoms with Gasteiger partial charge in [0.25, 0.3) is 5.91 Å². The largest absolute Gasteiger partial charge is 0.339 e. The average molecular weight is 288 g/mol. The molecule has 6 heteroatoms. The van der Waals surface area contributed by atoms with Gasteiger partial charge in [-0.2, -0.15) is 0 Å². The van der Waals surface area contributed by atoms with Crippen LogP contribution in [0.2, 0.25) is 0 Å². The number of aromatic nitrogens is 2. The zero-order valence-electron chi connectivity index (χ0n) is 12.0. The molecule has 0 spiro atoms. The number of halogens is 1. The van der Waals surface area contributed by atoms with Crippen molar-refractivity contribution in [2.45, 2.75) is 13.8 Å². The van der Waals surface area contributed by atoms with Gasteiger partial charge in [-0.1, -0.05) is 6.07 Å². The molecule has 1 amide bonds. The second-order valence-corrected chi connectivity index (χ2v) is 4.42. The van der Waals surface area contributed by atoms with Crippen molar-refractivity contribution in [3.05, 3.63) is 47.9 Å². The SMILES string of the molecule is CCN(CC)C(=O)c1ccc(Nc2cccc(F)c2)nn1. The van der Waals surface area contributed by atoms with Crippen LogP contribution in [0.25, 0.3) is 0 Å². The van der Waals surface area contributed by atoms with Gasteiger partial charge in [-0.3, -0.25) is 4.79 Å². The van der Waals surface area contributed by atoms with Gasteiger partial charge in [0.05, 0.1) is 0 Å². The number of hydrogen-bond donors (Lipinski definition) is 1. The van der Waals surface area contributed by atoms with Crippen molar-refractivity contribution >= 4 is 17.4 Å². The second kappa shape index (κ2) is 6.78. The normalized spacial score (nSPS) is 10.2. The molecule has 0 atom stereocenters. The molecule has 0 unspecified atom stereocenters. The van der Waals surface area contributed by atoms with Gasteiger partial charge in [0.2, 0.25) is 0 Å². The number of carbonyl (C=O) groups excluding carboxylic acids is 1. The molecule has 1 aromatic heterocycles. The van der Waals surface area contributed by atoms with Gasteiger partial charge in [0.15, 0.2) is 11.5 Å². The fraction of sp³-hybridized carbons (Fsp3) is 0.267. The van der Waals surface area contributed by atoms with Crippen LogP contribution in [0.3, 0.4) is 0 Å². The minimum absolute atomic E-state index is 0.148. The van der Waals surface area contributed by atoms with Gasteiger partial charge in [0, 0.05) is 18.8 Å². The van der Waals surface area contributed by atoms with Crippen LogP contribution < -0.4 is 5.32 Å². The average Bonchev–Trinajstić information content (AvgIpc) is 2.49. The summed E-state index contributed by atoms with van der Waals surface area (Å²) in [6, 6.07) is 9.30. The highest BCUT2D eigenvalue weighted by atomic mass is 19.1. The molecule has 2 rings (SSSR count). The lowest BCUT2D eigenvalue weighted by molar-refractivity contribution is 0.0766. The Hall–Kier alpha value is -2.50. The fourth-order valence-corrected chi connectivity index (χ4v) is 1.90. The number of nitrogens with one attached hydrogen (secondary N) is 1. The lowest BCUT2D eigenvalue weighted by Crippen LogP contribution is -2.31. The fourth-order valence-electron chi connectivity index (χ4n) is 1.90. The molecule has 0 aliphatic carbocycles. The molecule has 0 fully saturated rings. The van der Waals surface area contributed by atoms with E-state index in [-0.39, 0.29) is 11.7 Å². The predicted octanol–water partition coefficient (Wildman–Crippen LogP) is 2.84. The maximum Gasteiger partial charge on any atom is 0.274 e. The first-order chi connectivity index (χ1) is 10.1. The zero-order chi connectivity index (χ0) is 15.2. The summed E-state index contributed by atoms with van der Waals surface area (Å²) >= 11 is 0. The minimum atomic E-state index is -0.332. The molecule has 5 nitrogen and oxygen atoms in total. The lowest BCUT2D eigenvalue weighted by atomic mass is 10.3. The third-order valence-electron chi connectivity index (χ3n) is 3.03. The molecule has 2 aromatic rings. The summed E-state index contributed by atoms with van der Waals surface area (Å²) in [7, 11) is 0. The maximum atomic E-state index is 13.1. The van der Waals surface area contributed by atoms with Crippen molar-refractivity contribution in [3.8, 4) is 0 Å². The maximum absolute atomic E-state index is 13.1. The smallest absolute Gasteiger partial charge is 0.274 e. The number of amides is 1. The second-order valence-electron chi connectivity index (χ2n) is 4.42. The topological polar surface area (TPSA) is 58.1 Å². The Balaban J connectivity index is 2.10. The number of hydrogen-bond acceptors (Lipinski definition) is 4. The Kier molecular flexibility index (Phi) is 4.81. The van der Waals surface area contributed by atoms with Crippen molar-refractivity contribution in [2.24, 2.45) is 0 Å². The van der Waals surface area contributed by atoms with Crippen LogP contribution in [-0.4, -0.2) is 34.1 Å². The Labute approximate surface area is 122 Å². The van der Waals surface area contributed by atoms with Crippen molar-refractivity contribution in [3.63, 3.8) is 0 Å². The number of rotatable bonds is 5. The van der Waals surface area contributed by atoms with Crippen LogP contribution in [0.15, 0.2) is 36.4 Å². The van der Waals surface area contributed by atoms with E-state index in [0.29, 0.717) is 30.3 Å². The molecule has 0 bridgehead atoms. The standard InChI is InChI=1S/C15H17FN4O/c1-3-20(4-2)15(21)13-8-9-14(19-18-13)17-12-7-5-6-11(16)10-12/h5-10H,3-4H2,1-2H3,(H,17,19). The molecule has 1 N–H and O–H groups in total. The Morgan fingerprint density at radius 3 is 2.52 bits per heavy atom. The van der Waals surface area contributed by atoms with Gasteiger partial charge in [-0.15, -0.1) is 10.2 Å². The van der Waals surface area contributed by atoms with E-state index in [1.807, 2.05) is 13.8 Å². The van der Waals surface area contributed by atoms with Crippen molar-refractivity contribution < 1.29 is 9.18 Å². The van der Waals surface area contributed by atoms with Crippen molar-refractivity contribution in [1.29, 1.82) is 0 Å². The molecule has 0 saturated heterocycles. The van der Waals surface area contributed by atoms with E-state index < -0.39 is 0 Å². The lowest BCUT2D eigenvalue weighted by Gasteiger charge is -2.17. The number of carbonyl (C=O) groups is 1. The third-order valence-corrected chi connectivity index (χ3v) is 3.03. The van der Waals surface area contributed by atoms with Crippen LogP contribution in [0.5, 0.6) is 0 Å². The van der Waals surface area contributed by atoms with Gasteiger partial charge in [-0.05, 0) is 44.2 Å². The van der Waals surface area contributed by atoms with Crippen LogP contribution in [0.1, 0.15) is 24.3 Å². The van der Waals surface area contributed by atoms with Gasteiger partial charge in [-0.25, -0.2) is 4.39 Å². The summed E-state index contributed by atoms with van der Waals surface area (Å²) in [5, 5.41) is 10.8. The summed E-state index contributed by atoms with van der Waals surface area (Å²) in [5.41, 5.74) is 0.871. The molecule has 0 saturated carbocycles. The summed E-state index contributed by atoms with van der Waals surface area (Å²) in [6.45, 7) is 5.07. The van der Waals surface area contributed by atoms with E-state index in [1.54, 1.807) is 29.2 Å². The van der Waals surface area contributed by atoms with E-state index >= 15 is 0 Å². The molecule has 1 heterocycles. The van der Waals surface area contributed by atoms with Crippen LogP contribution in [0, 0.1) is 5.82 Å². The van der Waals surface area contributed by atoms with Gasteiger partial charge in [0.1, 0.15) is 5.82 Å². The molecule has 0 aliphatic rings. The highest BCUT2D eigenvalue weighted by molar-refractivity contribution is 5.92. The summed E-state index contributed by atoms with van der Waals surface area (Å²) in [5.74, 6) is -0.0252. The van der Waals surface area contributed by atoms with Crippen molar-refractivity contribution in [1.82, 2.24) is 15.1 Å². The quantitative estimate of drug-likeness (QED) is 0.919. The van der Waals surface area contributed by atoms with E-state index in [9.17, 15) is 9.18 Å². The molecule has 0 radical (unpaired) electrons. The van der Waals surface area contributed by atoms with Gasteiger partial charge < -0.3 is 10.2 Å². The van der Waals surface area contributed by atoms with Crippen LogP contribution in [-0.2, 0) is 0 Å². The molecule has 110 valence electrons. The van der Waals surface area contributed by atoms with Gasteiger partial charge >= 0.3 is 0 Å². The Morgan fingerprint density at radius 2 is 1.95 bits per heavy atom. The van der Waals surface area contributed by atoms with Crippen molar-refractivity contribution in [2.75, 3.05) is 18.4 Å². The summed E-state index contributed by atoms with van der Waals surface area (Å²) < 4.78 is 13.1. The molecular formula is C15H17FN4O. The van der Waals surface area contributed by atoms with Crippen LogP contribution in [0.4, 0.5) is 15.9 Å². The molecule has 0 aliphatic heterocycles. The number of anilines is 2. The Morgan fingerprint density at radius 1 is 1.19 bits per heavy atom. The minimum Gasteiger partial charge on any atom is -0.339 e. The van der Waals surface area contributed by atoms with Crippen LogP contribution >= 0.6 is 0 Å². The zero-order valence-corrected chi connectivity index (χ0v) is 12.0. The third kappa shape index (κ3) is 3.75. The predicted molar refractivity (Wildman–Crippen MR) is 79.0 cm³/mol. The van der Waals surface area contributed by atoms with E-state index in [4.69, 9.17) is 0 Å². The van der Waals surface area contributed by atoms with E-state index in [2.05, 4.69) is 15.5 Å². The Bertz CT molecular complexity index is 611. The summed E-state index contributed by atoms with van der Waals surface area (Å²) in [4.78, 5) is 13.7. The first-order valence-corrected chi connectivity index (χ1v) is 6.79. The van der Waals surface area contributed by atoms with E-state index in [0.717, 1.165) is 0 Å². The monoisotopic (exact) mass is 288 g/mol.